The molecule has 3 N–H and O–H groups in total. The number of hydrogen-bond acceptors (Lipinski definition) is 5. The maximum atomic E-state index is 13.4. The Labute approximate surface area is 153 Å². The van der Waals surface area contributed by atoms with Gasteiger partial charge in [-0.3, -0.25) is 0 Å². The van der Waals surface area contributed by atoms with Gasteiger partial charge in [0.05, 0.1) is 5.69 Å². The number of rotatable bonds is 4. The van der Waals surface area contributed by atoms with Gasteiger partial charge in [0.15, 0.2) is 5.65 Å². The molecule has 0 unspecified atom stereocenters. The number of aliphatic hydroxyl groups is 1. The van der Waals surface area contributed by atoms with Gasteiger partial charge < -0.3 is 19.9 Å². The number of nitrogens with zero attached hydrogens (tertiary/aromatic N) is 2. The van der Waals surface area contributed by atoms with E-state index in [1.165, 1.54) is 6.07 Å². The molecule has 1 saturated heterocycles. The first kappa shape index (κ1) is 17.8. The van der Waals surface area contributed by atoms with Crippen molar-refractivity contribution in [1.29, 1.82) is 0 Å². The Balaban J connectivity index is 1.89. The van der Waals surface area contributed by atoms with E-state index in [-0.39, 0.29) is 17.2 Å². The second-order valence-corrected chi connectivity index (χ2v) is 6.63. The first-order valence-corrected chi connectivity index (χ1v) is 8.77. The lowest BCUT2D eigenvalue weighted by Crippen LogP contribution is -2.18. The minimum Gasteiger partial charge on any atom is -0.507 e. The van der Waals surface area contributed by atoms with Gasteiger partial charge >= 0.3 is 0 Å². The van der Waals surface area contributed by atoms with Gasteiger partial charge in [-0.2, -0.15) is 0 Å². The van der Waals surface area contributed by atoms with Crippen molar-refractivity contribution >= 4 is 11.0 Å². The third-order valence-electron chi connectivity index (χ3n) is 4.97. The first-order valence-electron chi connectivity index (χ1n) is 8.77. The van der Waals surface area contributed by atoms with Crippen molar-refractivity contribution < 1.29 is 23.7 Å². The number of halogens is 2. The molecule has 4 rings (SSSR count). The zero-order valence-corrected chi connectivity index (χ0v) is 14.4. The standard InChI is InChI=1S/C19H19F2N3O3/c20-18(21)17(26)15-12-9-13(11-3-1-2-4-14(11)25)23-24-19(12)22-16(15)10-5-7-27-8-6-10/h1-4,9-10,17-18,25-26H,5-8H2,(H,22,24)/t17-/m1/s1. The highest BCUT2D eigenvalue weighted by Gasteiger charge is 2.31. The van der Waals surface area contributed by atoms with Crippen molar-refractivity contribution in [3.05, 3.63) is 41.6 Å². The van der Waals surface area contributed by atoms with Crippen molar-refractivity contribution in [1.82, 2.24) is 15.2 Å². The number of phenolic OH excluding ortho intramolecular Hbond substituents is 1. The predicted molar refractivity (Wildman–Crippen MR) is 94.7 cm³/mol. The van der Waals surface area contributed by atoms with E-state index in [0.717, 1.165) is 0 Å². The van der Waals surface area contributed by atoms with Crippen LogP contribution in [0.5, 0.6) is 5.75 Å². The molecule has 2 aromatic heterocycles. The van der Waals surface area contributed by atoms with Gasteiger partial charge in [-0.15, -0.1) is 10.2 Å². The third kappa shape index (κ3) is 3.26. The molecule has 6 nitrogen and oxygen atoms in total. The minimum absolute atomic E-state index is 0.0160. The molecule has 142 valence electrons. The van der Waals surface area contributed by atoms with Crippen LogP contribution in [0.3, 0.4) is 0 Å². The molecule has 0 amide bonds. The summed E-state index contributed by atoms with van der Waals surface area (Å²) in [5.74, 6) is -0.00720. The maximum Gasteiger partial charge on any atom is 0.268 e. The Bertz CT molecular complexity index is 955. The molecule has 1 aliphatic heterocycles. The van der Waals surface area contributed by atoms with Crippen LogP contribution in [0.15, 0.2) is 30.3 Å². The van der Waals surface area contributed by atoms with E-state index in [9.17, 15) is 19.0 Å². The molecule has 0 bridgehead atoms. The van der Waals surface area contributed by atoms with Gasteiger partial charge in [0.2, 0.25) is 0 Å². The molecule has 0 saturated carbocycles. The summed E-state index contributed by atoms with van der Waals surface area (Å²) in [6.45, 7) is 1.08. The topological polar surface area (TPSA) is 91.3 Å². The number of H-pyrrole nitrogens is 1. The van der Waals surface area contributed by atoms with Crippen LogP contribution >= 0.6 is 0 Å². The van der Waals surface area contributed by atoms with E-state index >= 15 is 0 Å². The lowest BCUT2D eigenvalue weighted by Gasteiger charge is -2.23. The summed E-state index contributed by atoms with van der Waals surface area (Å²) in [5.41, 5.74) is 1.84. The predicted octanol–water partition coefficient (Wildman–Crippen LogP) is 3.52. The molecule has 8 heteroatoms. The van der Waals surface area contributed by atoms with Crippen molar-refractivity contribution in [2.75, 3.05) is 13.2 Å². The summed E-state index contributed by atoms with van der Waals surface area (Å²) in [6.07, 6.45) is -3.51. The minimum atomic E-state index is -2.93. The number of alkyl halides is 2. The Morgan fingerprint density at radius 3 is 2.59 bits per heavy atom. The van der Waals surface area contributed by atoms with Crippen LogP contribution in [0, 0.1) is 0 Å². The van der Waals surface area contributed by atoms with E-state index in [4.69, 9.17) is 4.74 Å². The monoisotopic (exact) mass is 375 g/mol. The number of ether oxygens (including phenoxy) is 1. The van der Waals surface area contributed by atoms with Gasteiger partial charge in [-0.1, -0.05) is 12.1 Å². The second-order valence-electron chi connectivity index (χ2n) is 6.63. The average Bonchev–Trinajstić information content (AvgIpc) is 3.07. The number of nitrogens with one attached hydrogen (secondary N) is 1. The molecular weight excluding hydrogens is 356 g/mol. The summed E-state index contributed by atoms with van der Waals surface area (Å²) in [7, 11) is 0. The zero-order chi connectivity index (χ0) is 19.0. The van der Waals surface area contributed by atoms with Crippen LogP contribution in [0.4, 0.5) is 8.78 Å². The van der Waals surface area contributed by atoms with Crippen LogP contribution < -0.4 is 0 Å². The number of fused-ring (bicyclic) bond motifs is 1. The molecule has 0 aliphatic carbocycles. The van der Waals surface area contributed by atoms with Crippen molar-refractivity contribution in [2.45, 2.75) is 31.3 Å². The summed E-state index contributed by atoms with van der Waals surface area (Å²) in [5, 5.41) is 28.9. The molecule has 0 spiro atoms. The highest BCUT2D eigenvalue weighted by Crippen LogP contribution is 2.39. The molecule has 1 atom stereocenters. The van der Waals surface area contributed by atoms with Crippen molar-refractivity contribution in [3.8, 4) is 17.0 Å². The summed E-state index contributed by atoms with van der Waals surface area (Å²) in [6, 6.07) is 8.18. The highest BCUT2D eigenvalue weighted by molar-refractivity contribution is 5.86. The largest absolute Gasteiger partial charge is 0.507 e. The van der Waals surface area contributed by atoms with E-state index in [1.54, 1.807) is 24.3 Å². The quantitative estimate of drug-likeness (QED) is 0.649. The Morgan fingerprint density at radius 1 is 1.15 bits per heavy atom. The Kier molecular flexibility index (Phi) is 4.75. The van der Waals surface area contributed by atoms with E-state index in [2.05, 4.69) is 15.2 Å². The molecule has 1 aromatic carbocycles. The highest BCUT2D eigenvalue weighted by atomic mass is 19.3. The molecule has 0 radical (unpaired) electrons. The number of aromatic hydroxyl groups is 1. The SMILES string of the molecule is Oc1ccccc1-c1cc2c([C@@H](O)C(F)F)c(C3CCOCC3)[nH]c2nn1. The summed E-state index contributed by atoms with van der Waals surface area (Å²) in [4.78, 5) is 3.08. The Hall–Kier alpha value is -2.58. The lowest BCUT2D eigenvalue weighted by molar-refractivity contribution is -0.00609. The van der Waals surface area contributed by atoms with Crippen LogP contribution in [0.1, 0.15) is 36.1 Å². The lowest BCUT2D eigenvalue weighted by atomic mass is 9.91. The van der Waals surface area contributed by atoms with Crippen LogP contribution in [-0.4, -0.2) is 45.0 Å². The molecule has 1 aliphatic rings. The van der Waals surface area contributed by atoms with Crippen LogP contribution in [0.25, 0.3) is 22.3 Å². The van der Waals surface area contributed by atoms with Crippen molar-refractivity contribution in [2.24, 2.45) is 0 Å². The number of aromatic amines is 1. The van der Waals surface area contributed by atoms with Gasteiger partial charge in [0.1, 0.15) is 11.9 Å². The normalized spacial score (nSPS) is 16.9. The second kappa shape index (κ2) is 7.21. The van der Waals surface area contributed by atoms with Crippen LogP contribution in [0.2, 0.25) is 0 Å². The van der Waals surface area contributed by atoms with Gasteiger partial charge in [-0.05, 0) is 31.0 Å². The molecule has 27 heavy (non-hydrogen) atoms. The summed E-state index contributed by atoms with van der Waals surface area (Å²) >= 11 is 0. The van der Waals surface area contributed by atoms with E-state index in [1.807, 2.05) is 0 Å². The van der Waals surface area contributed by atoms with E-state index in [0.29, 0.717) is 54.0 Å². The van der Waals surface area contributed by atoms with Gasteiger partial charge in [-0.25, -0.2) is 8.78 Å². The first-order chi connectivity index (χ1) is 13.1. The number of aromatic nitrogens is 3. The fourth-order valence-electron chi connectivity index (χ4n) is 3.60. The van der Waals surface area contributed by atoms with Gasteiger partial charge in [0.25, 0.3) is 6.43 Å². The van der Waals surface area contributed by atoms with E-state index < -0.39 is 12.5 Å². The van der Waals surface area contributed by atoms with Crippen molar-refractivity contribution in [3.63, 3.8) is 0 Å². The Morgan fingerprint density at radius 2 is 1.89 bits per heavy atom. The number of phenols is 1. The third-order valence-corrected chi connectivity index (χ3v) is 4.97. The number of benzene rings is 1. The molecule has 3 heterocycles. The molecular formula is C19H19F2N3O3. The fraction of sp³-hybridized carbons (Fsp3) is 0.368. The van der Waals surface area contributed by atoms with Crippen LogP contribution in [-0.2, 0) is 4.74 Å². The molecule has 1 fully saturated rings. The number of para-hydroxylation sites is 1. The van der Waals surface area contributed by atoms with Gasteiger partial charge in [0, 0.05) is 41.3 Å². The number of hydrogen-bond donors (Lipinski definition) is 3. The summed E-state index contributed by atoms with van der Waals surface area (Å²) < 4.78 is 32.1. The zero-order valence-electron chi connectivity index (χ0n) is 14.4. The molecule has 3 aromatic rings. The average molecular weight is 375 g/mol. The maximum absolute atomic E-state index is 13.4. The number of aliphatic hydroxyl groups excluding tert-OH is 1. The smallest absolute Gasteiger partial charge is 0.268 e. The fourth-order valence-corrected chi connectivity index (χ4v) is 3.60.